The van der Waals surface area contributed by atoms with Crippen molar-refractivity contribution in [2.24, 2.45) is 0 Å². The van der Waals surface area contributed by atoms with Gasteiger partial charge in [0.25, 0.3) is 5.79 Å². The van der Waals surface area contributed by atoms with E-state index < -0.39 is 11.8 Å². The number of rotatable bonds is 6. The molecule has 37 heavy (non-hydrogen) atoms. The number of hydrogen-bond acceptors (Lipinski definition) is 10. The van der Waals surface area contributed by atoms with E-state index in [1.165, 1.54) is 6.26 Å². The van der Waals surface area contributed by atoms with Gasteiger partial charge < -0.3 is 23.4 Å². The fourth-order valence-electron chi connectivity index (χ4n) is 3.97. The van der Waals surface area contributed by atoms with Gasteiger partial charge in [-0.25, -0.2) is 4.79 Å². The summed E-state index contributed by atoms with van der Waals surface area (Å²) in [4.78, 5) is 22.7. The molecule has 0 fully saturated rings. The number of carbonyl (C=O) groups is 2. The summed E-state index contributed by atoms with van der Waals surface area (Å²) in [5.41, 5.74) is 3.13. The van der Waals surface area contributed by atoms with Gasteiger partial charge in [0.1, 0.15) is 22.5 Å². The number of cyclic esters (lactones) is 1. The zero-order valence-corrected chi connectivity index (χ0v) is 20.3. The molecule has 0 saturated heterocycles. The fraction of sp³-hybridized carbons (Fsp3) is 0.111. The van der Waals surface area contributed by atoms with Crippen LogP contribution in [0.15, 0.2) is 93.7 Å². The molecule has 6 rings (SSSR count). The topological polar surface area (TPSA) is 125 Å². The number of hydrogen-bond donors (Lipinski definition) is 1. The van der Waals surface area contributed by atoms with Crippen LogP contribution in [0.1, 0.15) is 27.4 Å². The molecule has 9 nitrogen and oxygen atoms in total. The van der Waals surface area contributed by atoms with Crippen molar-refractivity contribution in [3.05, 3.63) is 107 Å². The number of aldehydes is 1. The van der Waals surface area contributed by atoms with E-state index >= 15 is 0 Å². The summed E-state index contributed by atoms with van der Waals surface area (Å²) in [6, 6.07) is 18.9. The zero-order chi connectivity index (χ0) is 25.8. The van der Waals surface area contributed by atoms with Crippen molar-refractivity contribution in [1.82, 2.24) is 8.75 Å². The van der Waals surface area contributed by atoms with Crippen LogP contribution in [0, 0.1) is 0 Å². The van der Waals surface area contributed by atoms with Crippen molar-refractivity contribution >= 4 is 40.6 Å². The number of fused-ring (bicyclic) bond motifs is 1. The van der Waals surface area contributed by atoms with E-state index in [-0.39, 0.29) is 6.42 Å². The normalized spacial score (nSPS) is 16.9. The van der Waals surface area contributed by atoms with Crippen LogP contribution in [0.5, 0.6) is 5.75 Å². The molecule has 0 bridgehead atoms. The molecule has 10 heteroatoms. The highest BCUT2D eigenvalue weighted by Gasteiger charge is 2.48. The van der Waals surface area contributed by atoms with Crippen LogP contribution < -0.4 is 4.74 Å². The third-order valence-electron chi connectivity index (χ3n) is 5.77. The first kappa shape index (κ1) is 24.2. The first-order valence-corrected chi connectivity index (χ1v) is 11.8. The van der Waals surface area contributed by atoms with Gasteiger partial charge in [-0.2, -0.15) is 8.75 Å². The average Bonchev–Trinajstić information content (AvgIpc) is 3.73. The Bertz CT molecular complexity index is 1550. The van der Waals surface area contributed by atoms with Gasteiger partial charge >= 0.3 is 5.97 Å². The number of carbonyl (C=O) groups excluding carboxylic acids is 2. The van der Waals surface area contributed by atoms with Crippen molar-refractivity contribution in [2.75, 3.05) is 7.11 Å². The van der Waals surface area contributed by atoms with Crippen LogP contribution in [0.4, 0.5) is 0 Å². The van der Waals surface area contributed by atoms with E-state index in [1.807, 2.05) is 0 Å². The summed E-state index contributed by atoms with van der Waals surface area (Å²) in [6.07, 6.45) is 3.88. The summed E-state index contributed by atoms with van der Waals surface area (Å²) < 4.78 is 29.3. The summed E-state index contributed by atoms with van der Waals surface area (Å²) in [6.45, 7) is 0. The molecule has 5 aromatic rings. The first-order chi connectivity index (χ1) is 18.0. The summed E-state index contributed by atoms with van der Waals surface area (Å²) in [5.74, 6) is -0.938. The van der Waals surface area contributed by atoms with Gasteiger partial charge in [-0.1, -0.05) is 6.07 Å². The van der Waals surface area contributed by atoms with Crippen LogP contribution in [-0.2, 0) is 21.7 Å². The Labute approximate surface area is 214 Å². The second-order valence-corrected chi connectivity index (χ2v) is 8.50. The van der Waals surface area contributed by atoms with Crippen LogP contribution in [0.25, 0.3) is 16.6 Å². The molecule has 2 aromatic carbocycles. The average molecular weight is 517 g/mol. The van der Waals surface area contributed by atoms with E-state index in [1.54, 1.807) is 80.1 Å². The van der Waals surface area contributed by atoms with E-state index in [4.69, 9.17) is 13.9 Å². The standard InChI is InChI=1S/C22H16N2O5S.C5H4O2/c1-27-15-7-5-14(6-8-15)22(26)17(12-16-3-2-10-28-16)20(21(25)29-22)13-4-9-18-19(11-13)24-30-23-18;6-4-5-2-1-3-7-5/h2-11,26H,12H2,1H3;1-4H. The molecule has 1 aliphatic heterocycles. The van der Waals surface area contributed by atoms with Gasteiger partial charge in [0.15, 0.2) is 12.0 Å². The smallest absolute Gasteiger partial charge is 0.342 e. The Balaban J connectivity index is 0.000000348. The van der Waals surface area contributed by atoms with Gasteiger partial charge in [-0.15, -0.1) is 0 Å². The molecular formula is C27H20N2O7S. The van der Waals surface area contributed by atoms with Crippen molar-refractivity contribution < 1.29 is 33.0 Å². The minimum atomic E-state index is -1.93. The molecule has 3 aromatic heterocycles. The van der Waals surface area contributed by atoms with Gasteiger partial charge in [-0.05, 0) is 66.2 Å². The number of ether oxygens (including phenoxy) is 2. The van der Waals surface area contributed by atoms with E-state index in [0.29, 0.717) is 51.3 Å². The minimum Gasteiger partial charge on any atom is -0.497 e. The Hall–Kier alpha value is -4.54. The summed E-state index contributed by atoms with van der Waals surface area (Å²) in [7, 11) is 1.56. The maximum atomic E-state index is 13.0. The Morgan fingerprint density at radius 1 is 1.00 bits per heavy atom. The summed E-state index contributed by atoms with van der Waals surface area (Å²) >= 11 is 1.10. The quantitative estimate of drug-likeness (QED) is 0.251. The molecule has 0 saturated carbocycles. The second kappa shape index (κ2) is 10.2. The van der Waals surface area contributed by atoms with E-state index in [0.717, 1.165) is 17.2 Å². The number of benzene rings is 2. The molecule has 4 heterocycles. The molecule has 186 valence electrons. The maximum Gasteiger partial charge on any atom is 0.342 e. The molecule has 0 amide bonds. The van der Waals surface area contributed by atoms with Gasteiger partial charge in [-0.3, -0.25) is 4.79 Å². The van der Waals surface area contributed by atoms with Crippen LogP contribution in [0.2, 0.25) is 0 Å². The number of furan rings is 2. The van der Waals surface area contributed by atoms with E-state index in [2.05, 4.69) is 13.2 Å². The fourth-order valence-corrected chi connectivity index (χ4v) is 4.49. The highest BCUT2D eigenvalue weighted by atomic mass is 32.1. The maximum absolute atomic E-state index is 13.0. The van der Waals surface area contributed by atoms with Gasteiger partial charge in [0.05, 0.1) is 36.9 Å². The predicted octanol–water partition coefficient (Wildman–Crippen LogP) is 4.78. The number of methoxy groups -OCH3 is 1. The van der Waals surface area contributed by atoms with Crippen molar-refractivity contribution in [2.45, 2.75) is 12.2 Å². The molecule has 1 unspecified atom stereocenters. The number of nitrogens with zero attached hydrogens (tertiary/aromatic N) is 2. The second-order valence-electron chi connectivity index (χ2n) is 7.97. The molecule has 0 aliphatic carbocycles. The monoisotopic (exact) mass is 516 g/mol. The molecule has 1 atom stereocenters. The Morgan fingerprint density at radius 2 is 1.76 bits per heavy atom. The number of aliphatic hydroxyl groups is 1. The highest BCUT2D eigenvalue weighted by molar-refractivity contribution is 7.00. The highest BCUT2D eigenvalue weighted by Crippen LogP contribution is 2.45. The molecule has 1 aliphatic rings. The third-order valence-corrected chi connectivity index (χ3v) is 6.33. The van der Waals surface area contributed by atoms with Gasteiger partial charge in [0.2, 0.25) is 0 Å². The van der Waals surface area contributed by atoms with E-state index in [9.17, 15) is 14.7 Å². The number of esters is 1. The molecule has 0 spiro atoms. The van der Waals surface area contributed by atoms with Crippen molar-refractivity contribution in [1.29, 1.82) is 0 Å². The number of aromatic nitrogens is 2. The van der Waals surface area contributed by atoms with Crippen LogP contribution >= 0.6 is 11.7 Å². The molecule has 1 N–H and O–H groups in total. The Morgan fingerprint density at radius 3 is 2.41 bits per heavy atom. The SMILES string of the molecule is COc1ccc(C2(O)OC(=O)C(c3ccc4nsnc4c3)=C2Cc2ccco2)cc1.O=Cc1ccco1. The third kappa shape index (κ3) is 4.80. The minimum absolute atomic E-state index is 0.198. The van der Waals surface area contributed by atoms with Crippen molar-refractivity contribution in [3.63, 3.8) is 0 Å². The first-order valence-electron chi connectivity index (χ1n) is 11.1. The van der Waals surface area contributed by atoms with Crippen LogP contribution in [-0.4, -0.2) is 33.2 Å². The van der Waals surface area contributed by atoms with Crippen molar-refractivity contribution in [3.8, 4) is 5.75 Å². The predicted molar refractivity (Wildman–Crippen MR) is 134 cm³/mol. The van der Waals surface area contributed by atoms with Crippen LogP contribution in [0.3, 0.4) is 0 Å². The Kier molecular flexibility index (Phi) is 6.67. The summed E-state index contributed by atoms with van der Waals surface area (Å²) in [5, 5.41) is 11.6. The lowest BCUT2D eigenvalue weighted by Gasteiger charge is -2.25. The lowest BCUT2D eigenvalue weighted by atomic mass is 9.89. The zero-order valence-electron chi connectivity index (χ0n) is 19.5. The molecular weight excluding hydrogens is 496 g/mol. The lowest BCUT2D eigenvalue weighted by molar-refractivity contribution is -0.185. The molecule has 0 radical (unpaired) electrons. The van der Waals surface area contributed by atoms with Gasteiger partial charge in [0, 0.05) is 17.6 Å². The lowest BCUT2D eigenvalue weighted by Crippen LogP contribution is -2.29. The largest absolute Gasteiger partial charge is 0.497 e.